The Morgan fingerprint density at radius 1 is 1.12 bits per heavy atom. The number of amides is 2. The molecule has 0 saturated heterocycles. The van der Waals surface area contributed by atoms with E-state index in [0.717, 1.165) is 9.13 Å². The Hall–Kier alpha value is -2.42. The van der Waals surface area contributed by atoms with Crippen molar-refractivity contribution in [3.05, 3.63) is 63.2 Å². The van der Waals surface area contributed by atoms with E-state index in [1.165, 1.54) is 6.92 Å². The number of ether oxygens (including phenoxy) is 1. The second-order valence-corrected chi connectivity index (χ2v) is 6.92. The molecule has 0 bridgehead atoms. The van der Waals surface area contributed by atoms with Gasteiger partial charge in [-0.2, -0.15) is 0 Å². The van der Waals surface area contributed by atoms with E-state index in [9.17, 15) is 14.4 Å². The van der Waals surface area contributed by atoms with Crippen LogP contribution in [0.1, 0.15) is 22.8 Å². The van der Waals surface area contributed by atoms with Crippen LogP contribution in [-0.4, -0.2) is 30.4 Å². The van der Waals surface area contributed by atoms with Crippen LogP contribution in [0.3, 0.4) is 0 Å². The van der Waals surface area contributed by atoms with E-state index in [1.54, 1.807) is 36.4 Å². The zero-order valence-electron chi connectivity index (χ0n) is 14.4. The van der Waals surface area contributed by atoms with Gasteiger partial charge in [0.05, 0.1) is 0 Å². The van der Waals surface area contributed by atoms with E-state index >= 15 is 0 Å². The molecule has 7 heteroatoms. The molecule has 0 heterocycles. The first-order valence-electron chi connectivity index (χ1n) is 7.95. The number of benzene rings is 2. The van der Waals surface area contributed by atoms with Gasteiger partial charge in [-0.05, 0) is 72.3 Å². The lowest BCUT2D eigenvalue weighted by atomic mass is 10.2. The Balaban J connectivity index is 1.81. The van der Waals surface area contributed by atoms with Crippen LogP contribution >= 0.6 is 22.6 Å². The summed E-state index contributed by atoms with van der Waals surface area (Å²) in [5.74, 6) is -1.50. The van der Waals surface area contributed by atoms with Crippen LogP contribution < -0.4 is 10.6 Å². The van der Waals surface area contributed by atoms with Crippen molar-refractivity contribution in [2.24, 2.45) is 0 Å². The molecule has 0 radical (unpaired) electrons. The average Bonchev–Trinajstić information content (AvgIpc) is 2.62. The molecule has 1 atom stereocenters. The molecule has 2 aromatic rings. The Morgan fingerprint density at radius 2 is 1.81 bits per heavy atom. The molecule has 0 aliphatic carbocycles. The van der Waals surface area contributed by atoms with E-state index in [2.05, 4.69) is 33.2 Å². The molecule has 6 nitrogen and oxygen atoms in total. The molecule has 136 valence electrons. The maximum Gasteiger partial charge on any atom is 0.328 e. The van der Waals surface area contributed by atoms with Crippen LogP contribution in [0.15, 0.2) is 48.5 Å². The van der Waals surface area contributed by atoms with Gasteiger partial charge in [0.25, 0.3) is 11.8 Å². The number of carbonyl (C=O) groups is 3. The highest BCUT2D eigenvalue weighted by atomic mass is 127. The van der Waals surface area contributed by atoms with Gasteiger partial charge in [0.2, 0.25) is 0 Å². The highest BCUT2D eigenvalue weighted by molar-refractivity contribution is 14.1. The highest BCUT2D eigenvalue weighted by Gasteiger charge is 2.19. The molecule has 0 aromatic heterocycles. The predicted molar refractivity (Wildman–Crippen MR) is 107 cm³/mol. The number of aryl methyl sites for hydroxylation is 1. The topological polar surface area (TPSA) is 84.5 Å². The second-order valence-electron chi connectivity index (χ2n) is 5.68. The Morgan fingerprint density at radius 3 is 2.46 bits per heavy atom. The van der Waals surface area contributed by atoms with Crippen LogP contribution in [0.2, 0.25) is 0 Å². The quantitative estimate of drug-likeness (QED) is 0.507. The Kier molecular flexibility index (Phi) is 7.14. The van der Waals surface area contributed by atoms with Gasteiger partial charge in [0.1, 0.15) is 6.04 Å². The zero-order valence-corrected chi connectivity index (χ0v) is 16.6. The number of anilines is 1. The van der Waals surface area contributed by atoms with Crippen molar-refractivity contribution in [1.82, 2.24) is 5.32 Å². The highest BCUT2D eigenvalue weighted by Crippen LogP contribution is 2.17. The maximum atomic E-state index is 12.0. The summed E-state index contributed by atoms with van der Waals surface area (Å²) < 4.78 is 6.03. The minimum absolute atomic E-state index is 0.381. The third-order valence-electron chi connectivity index (χ3n) is 3.55. The number of esters is 1. The van der Waals surface area contributed by atoms with Crippen LogP contribution in [-0.2, 0) is 14.3 Å². The van der Waals surface area contributed by atoms with Gasteiger partial charge in [-0.15, -0.1) is 0 Å². The van der Waals surface area contributed by atoms with Crippen molar-refractivity contribution in [2.75, 3.05) is 11.9 Å². The molecule has 0 fully saturated rings. The number of rotatable bonds is 6. The molecule has 0 aliphatic heterocycles. The minimum Gasteiger partial charge on any atom is -0.454 e. The number of hydrogen-bond acceptors (Lipinski definition) is 4. The molecule has 2 rings (SSSR count). The summed E-state index contributed by atoms with van der Waals surface area (Å²) in [5.41, 5.74) is 2.02. The van der Waals surface area contributed by atoms with Gasteiger partial charge in [-0.25, -0.2) is 4.79 Å². The van der Waals surface area contributed by atoms with Gasteiger partial charge in [0.15, 0.2) is 6.61 Å². The average molecular weight is 466 g/mol. The van der Waals surface area contributed by atoms with E-state index in [4.69, 9.17) is 4.74 Å². The number of halogens is 1. The molecule has 0 aliphatic rings. The molecule has 0 unspecified atom stereocenters. The summed E-state index contributed by atoms with van der Waals surface area (Å²) in [6.07, 6.45) is 0. The second kappa shape index (κ2) is 9.33. The van der Waals surface area contributed by atoms with Gasteiger partial charge in [-0.1, -0.05) is 18.2 Å². The normalized spacial score (nSPS) is 11.3. The number of nitrogens with one attached hydrogen (secondary N) is 2. The lowest BCUT2D eigenvalue weighted by Gasteiger charge is -2.14. The monoisotopic (exact) mass is 466 g/mol. The lowest BCUT2D eigenvalue weighted by Crippen LogP contribution is -2.40. The molecule has 2 aromatic carbocycles. The van der Waals surface area contributed by atoms with E-state index in [1.807, 2.05) is 19.1 Å². The lowest BCUT2D eigenvalue weighted by molar-refractivity contribution is -0.148. The van der Waals surface area contributed by atoms with E-state index < -0.39 is 24.5 Å². The summed E-state index contributed by atoms with van der Waals surface area (Å²) in [5, 5.41) is 5.23. The van der Waals surface area contributed by atoms with Crippen molar-refractivity contribution < 1.29 is 19.1 Å². The molecule has 2 N–H and O–H groups in total. The van der Waals surface area contributed by atoms with Gasteiger partial charge >= 0.3 is 5.97 Å². The maximum absolute atomic E-state index is 12.0. The summed E-state index contributed by atoms with van der Waals surface area (Å²) >= 11 is 2.19. The van der Waals surface area contributed by atoms with Crippen molar-refractivity contribution in [3.8, 4) is 0 Å². The van der Waals surface area contributed by atoms with Crippen LogP contribution in [0.5, 0.6) is 0 Å². The first kappa shape index (κ1) is 19.9. The summed E-state index contributed by atoms with van der Waals surface area (Å²) in [4.78, 5) is 35.9. The molecule has 26 heavy (non-hydrogen) atoms. The zero-order chi connectivity index (χ0) is 19.1. The SMILES string of the molecule is Cc1cc(I)ccc1NC(=O)COC(=O)[C@H](C)NC(=O)c1ccccc1. The minimum atomic E-state index is -0.865. The first-order chi connectivity index (χ1) is 12.4. The molecular formula is C19H19IN2O4. The van der Waals surface area contributed by atoms with E-state index in [0.29, 0.717) is 11.3 Å². The van der Waals surface area contributed by atoms with Crippen LogP contribution in [0, 0.1) is 10.5 Å². The fourth-order valence-corrected chi connectivity index (χ4v) is 2.79. The Bertz CT molecular complexity index is 808. The standard InChI is InChI=1S/C19H19IN2O4/c1-12-10-15(20)8-9-16(12)22-17(23)11-26-19(25)13(2)21-18(24)14-6-4-3-5-7-14/h3-10,13H,11H2,1-2H3,(H,21,24)(H,22,23)/t13-/m0/s1. The van der Waals surface area contributed by atoms with Crippen molar-refractivity contribution in [1.29, 1.82) is 0 Å². The molecule has 0 spiro atoms. The predicted octanol–water partition coefficient (Wildman–Crippen LogP) is 2.90. The number of hydrogen-bond donors (Lipinski definition) is 2. The fraction of sp³-hybridized carbons (Fsp3) is 0.211. The first-order valence-corrected chi connectivity index (χ1v) is 9.03. The summed E-state index contributed by atoms with van der Waals surface area (Å²) in [6.45, 7) is 2.96. The van der Waals surface area contributed by atoms with Gasteiger partial charge in [-0.3, -0.25) is 9.59 Å². The largest absolute Gasteiger partial charge is 0.454 e. The molecular weight excluding hydrogens is 447 g/mol. The van der Waals surface area contributed by atoms with Crippen molar-refractivity contribution >= 4 is 46.1 Å². The molecule has 0 saturated carbocycles. The van der Waals surface area contributed by atoms with Crippen molar-refractivity contribution in [2.45, 2.75) is 19.9 Å². The smallest absolute Gasteiger partial charge is 0.328 e. The summed E-state index contributed by atoms with van der Waals surface area (Å²) in [6, 6.07) is 13.3. The van der Waals surface area contributed by atoms with Crippen LogP contribution in [0.4, 0.5) is 5.69 Å². The third-order valence-corrected chi connectivity index (χ3v) is 4.22. The fourth-order valence-electron chi connectivity index (χ4n) is 2.14. The summed E-state index contributed by atoms with van der Waals surface area (Å²) in [7, 11) is 0. The third kappa shape index (κ3) is 5.83. The van der Waals surface area contributed by atoms with Crippen molar-refractivity contribution in [3.63, 3.8) is 0 Å². The number of carbonyl (C=O) groups excluding carboxylic acids is 3. The molecule has 2 amide bonds. The van der Waals surface area contributed by atoms with Gasteiger partial charge < -0.3 is 15.4 Å². The van der Waals surface area contributed by atoms with Crippen LogP contribution in [0.25, 0.3) is 0 Å². The Labute approximate surface area is 165 Å². The van der Waals surface area contributed by atoms with Gasteiger partial charge in [0, 0.05) is 14.8 Å². The van der Waals surface area contributed by atoms with E-state index in [-0.39, 0.29) is 5.91 Å².